The average Bonchev–Trinajstić information content (AvgIpc) is 3.06. The predicted molar refractivity (Wildman–Crippen MR) is 100 cm³/mol. The van der Waals surface area contributed by atoms with Crippen LogP contribution in [0.2, 0.25) is 15.1 Å². The first-order valence-electron chi connectivity index (χ1n) is 8.04. The molecule has 0 unspecified atom stereocenters. The summed E-state index contributed by atoms with van der Waals surface area (Å²) in [4.78, 5) is 1.49. The van der Waals surface area contributed by atoms with Crippen molar-refractivity contribution in [1.29, 1.82) is 0 Å². The van der Waals surface area contributed by atoms with E-state index in [9.17, 15) is 17.6 Å². The number of hydrogen-bond donors (Lipinski definition) is 1. The van der Waals surface area contributed by atoms with Gasteiger partial charge in [-0.1, -0.05) is 40.9 Å². The molecule has 27 heavy (non-hydrogen) atoms. The van der Waals surface area contributed by atoms with Crippen molar-refractivity contribution in [2.24, 2.45) is 5.73 Å². The molecule has 1 aliphatic rings. The second-order valence-corrected chi connectivity index (χ2v) is 7.68. The van der Waals surface area contributed by atoms with Gasteiger partial charge in [-0.2, -0.15) is 13.2 Å². The van der Waals surface area contributed by atoms with E-state index in [1.165, 1.54) is 29.2 Å². The van der Waals surface area contributed by atoms with Gasteiger partial charge in [-0.3, -0.25) is 0 Å². The van der Waals surface area contributed by atoms with Gasteiger partial charge in [0.1, 0.15) is 11.2 Å². The van der Waals surface area contributed by atoms with Crippen molar-refractivity contribution in [3.8, 4) is 0 Å². The quantitative estimate of drug-likeness (QED) is 0.471. The highest BCUT2D eigenvalue weighted by atomic mass is 35.5. The van der Waals surface area contributed by atoms with Crippen molar-refractivity contribution in [3.05, 3.63) is 62.3 Å². The molecular weight excluding hydrogens is 427 g/mol. The van der Waals surface area contributed by atoms with E-state index < -0.39 is 17.4 Å². The van der Waals surface area contributed by atoms with Crippen molar-refractivity contribution in [1.82, 2.24) is 0 Å². The Morgan fingerprint density at radius 1 is 1.07 bits per heavy atom. The molecule has 0 radical (unpaired) electrons. The fraction of sp³-hybridized carbons (Fsp3) is 0.333. The Morgan fingerprint density at radius 3 is 2.22 bits per heavy atom. The van der Waals surface area contributed by atoms with E-state index in [1.807, 2.05) is 0 Å². The van der Waals surface area contributed by atoms with Crippen LogP contribution in [0.5, 0.6) is 0 Å². The van der Waals surface area contributed by atoms with Crippen molar-refractivity contribution in [2.75, 3.05) is 18.0 Å². The lowest BCUT2D eigenvalue weighted by Gasteiger charge is -2.33. The van der Waals surface area contributed by atoms with Crippen LogP contribution in [0, 0.1) is 5.82 Å². The number of nitrogens with zero attached hydrogens (tertiary/aromatic N) is 1. The zero-order valence-electron chi connectivity index (χ0n) is 13.9. The molecule has 0 bridgehead atoms. The van der Waals surface area contributed by atoms with Crippen LogP contribution in [0.1, 0.15) is 17.5 Å². The molecule has 1 saturated heterocycles. The number of halogens is 7. The summed E-state index contributed by atoms with van der Waals surface area (Å²) in [6.45, 7) is -0.272. The number of anilines is 1. The van der Waals surface area contributed by atoms with Crippen molar-refractivity contribution < 1.29 is 17.6 Å². The maximum atomic E-state index is 14.1. The van der Waals surface area contributed by atoms with Crippen LogP contribution >= 0.6 is 34.8 Å². The van der Waals surface area contributed by atoms with E-state index >= 15 is 0 Å². The van der Waals surface area contributed by atoms with Crippen LogP contribution in [-0.4, -0.2) is 19.3 Å². The van der Waals surface area contributed by atoms with Gasteiger partial charge in [0.15, 0.2) is 0 Å². The highest BCUT2D eigenvalue weighted by Crippen LogP contribution is 2.50. The molecule has 2 aromatic carbocycles. The van der Waals surface area contributed by atoms with Crippen LogP contribution in [0.25, 0.3) is 0 Å². The average molecular weight is 442 g/mol. The summed E-state index contributed by atoms with van der Waals surface area (Å²) in [5, 5.41) is -0.0760. The van der Waals surface area contributed by atoms with Crippen molar-refractivity contribution >= 4 is 40.5 Å². The maximum Gasteiger partial charge on any atom is 0.400 e. The molecule has 2 nitrogen and oxygen atoms in total. The molecule has 3 rings (SSSR count). The fourth-order valence-corrected chi connectivity index (χ4v) is 3.99. The van der Waals surface area contributed by atoms with Crippen LogP contribution in [0.4, 0.5) is 23.2 Å². The molecule has 0 aliphatic carbocycles. The normalized spacial score (nSPS) is 20.4. The molecule has 2 N–H and O–H groups in total. The lowest BCUT2D eigenvalue weighted by molar-refractivity contribution is -0.184. The van der Waals surface area contributed by atoms with Gasteiger partial charge in [-0.05, 0) is 36.2 Å². The first kappa shape index (κ1) is 20.5. The van der Waals surface area contributed by atoms with Gasteiger partial charge in [-0.15, -0.1) is 0 Å². The summed E-state index contributed by atoms with van der Waals surface area (Å²) in [6.07, 6.45) is -4.77. The Hall–Kier alpha value is -1.21. The lowest BCUT2D eigenvalue weighted by Crippen LogP contribution is -2.45. The minimum absolute atomic E-state index is 0.00806. The zero-order chi connectivity index (χ0) is 20.0. The van der Waals surface area contributed by atoms with Crippen molar-refractivity contribution in [3.63, 3.8) is 0 Å². The van der Waals surface area contributed by atoms with E-state index in [1.54, 1.807) is 6.07 Å². The van der Waals surface area contributed by atoms with Gasteiger partial charge in [-0.25, -0.2) is 4.39 Å². The largest absolute Gasteiger partial charge is 0.400 e. The van der Waals surface area contributed by atoms with Crippen LogP contribution in [0.15, 0.2) is 30.3 Å². The minimum atomic E-state index is -4.56. The van der Waals surface area contributed by atoms with Gasteiger partial charge in [0.2, 0.25) is 0 Å². The highest BCUT2D eigenvalue weighted by molar-refractivity contribution is 6.48. The van der Waals surface area contributed by atoms with Gasteiger partial charge in [0, 0.05) is 30.9 Å². The monoisotopic (exact) mass is 440 g/mol. The van der Waals surface area contributed by atoms with E-state index in [4.69, 9.17) is 40.5 Å². The number of hydrogen-bond acceptors (Lipinski definition) is 2. The van der Waals surface area contributed by atoms with Gasteiger partial charge in [0.25, 0.3) is 0 Å². The topological polar surface area (TPSA) is 29.3 Å². The van der Waals surface area contributed by atoms with E-state index in [2.05, 4.69) is 0 Å². The number of rotatable bonds is 3. The SMILES string of the molecule is NCc1ccc(N2CC[C@@](c3cc(Cl)c(Cl)c(Cl)c3)(C(F)(F)F)C2)cc1F. The van der Waals surface area contributed by atoms with Crippen LogP contribution in [-0.2, 0) is 12.0 Å². The molecule has 0 amide bonds. The molecule has 146 valence electrons. The summed E-state index contributed by atoms with van der Waals surface area (Å²) in [6, 6.07) is 6.65. The van der Waals surface area contributed by atoms with E-state index in [0.29, 0.717) is 11.3 Å². The second-order valence-electron chi connectivity index (χ2n) is 6.49. The fourth-order valence-electron chi connectivity index (χ4n) is 3.39. The van der Waals surface area contributed by atoms with Crippen LogP contribution in [0.3, 0.4) is 0 Å². The lowest BCUT2D eigenvalue weighted by atomic mass is 9.79. The molecule has 1 aliphatic heterocycles. The Bertz CT molecular complexity index is 849. The van der Waals surface area contributed by atoms with Gasteiger partial charge >= 0.3 is 6.18 Å². The molecule has 1 fully saturated rings. The zero-order valence-corrected chi connectivity index (χ0v) is 16.2. The molecule has 1 atom stereocenters. The van der Waals surface area contributed by atoms with E-state index in [-0.39, 0.29) is 46.7 Å². The highest BCUT2D eigenvalue weighted by Gasteiger charge is 2.59. The van der Waals surface area contributed by atoms with E-state index in [0.717, 1.165) is 0 Å². The third kappa shape index (κ3) is 3.60. The number of alkyl halides is 3. The Balaban J connectivity index is 2.02. The molecule has 1 heterocycles. The molecule has 0 aromatic heterocycles. The Labute approximate surface area is 168 Å². The van der Waals surface area contributed by atoms with Gasteiger partial charge in [0.05, 0.1) is 15.1 Å². The standard InChI is InChI=1S/C18H15Cl3F4N2/c19-13-5-11(6-14(20)16(13)21)17(18(23,24)25)3-4-27(9-17)12-2-1-10(8-26)15(22)7-12/h1-2,5-7H,3-4,8-9,26H2/t17-/m1/s1. The van der Waals surface area contributed by atoms with Crippen molar-refractivity contribution in [2.45, 2.75) is 24.6 Å². The Kier molecular flexibility index (Phi) is 5.56. The summed E-state index contributed by atoms with van der Waals surface area (Å²) in [5.74, 6) is -0.544. The first-order chi connectivity index (χ1) is 12.6. The first-order valence-corrected chi connectivity index (χ1v) is 9.17. The molecule has 0 saturated carbocycles. The van der Waals surface area contributed by atoms with Crippen LogP contribution < -0.4 is 10.6 Å². The summed E-state index contributed by atoms with van der Waals surface area (Å²) >= 11 is 17.8. The summed E-state index contributed by atoms with van der Waals surface area (Å²) < 4.78 is 56.4. The molecule has 2 aromatic rings. The second kappa shape index (κ2) is 7.32. The summed E-state index contributed by atoms with van der Waals surface area (Å²) in [5.41, 5.74) is 3.85. The third-order valence-electron chi connectivity index (χ3n) is 4.97. The number of nitrogens with two attached hydrogens (primary N) is 1. The van der Waals surface area contributed by atoms with Gasteiger partial charge < -0.3 is 10.6 Å². The Morgan fingerprint density at radius 2 is 1.70 bits per heavy atom. The number of benzene rings is 2. The predicted octanol–water partition coefficient (Wildman–Crippen LogP) is 5.96. The smallest absolute Gasteiger partial charge is 0.370 e. The summed E-state index contributed by atoms with van der Waals surface area (Å²) in [7, 11) is 0. The maximum absolute atomic E-state index is 14.1. The third-order valence-corrected chi connectivity index (χ3v) is 6.17. The molecule has 0 spiro atoms. The molecule has 9 heteroatoms. The molecular formula is C18H15Cl3F4N2. The minimum Gasteiger partial charge on any atom is -0.370 e.